The fourth-order valence-corrected chi connectivity index (χ4v) is 2.69. The smallest absolute Gasteiger partial charge is 0.0719 e. The van der Waals surface area contributed by atoms with Gasteiger partial charge in [-0.1, -0.05) is 49.2 Å². The van der Waals surface area contributed by atoms with Gasteiger partial charge in [0, 0.05) is 17.9 Å². The quantitative estimate of drug-likeness (QED) is 0.837. The summed E-state index contributed by atoms with van der Waals surface area (Å²) in [5, 5.41) is 10.2. The van der Waals surface area contributed by atoms with Crippen LogP contribution in [0.2, 0.25) is 0 Å². The van der Waals surface area contributed by atoms with Crippen molar-refractivity contribution in [3.05, 3.63) is 59.7 Å². The molecule has 2 rings (SSSR count). The average Bonchev–Trinajstić information content (AvgIpc) is 2.47. The number of aliphatic hydroxyl groups is 1. The SMILES string of the molecule is CCCC(O)CN(c1ccccc1)c1ccc(C)cc1C. The molecule has 2 nitrogen and oxygen atoms in total. The van der Waals surface area contributed by atoms with Gasteiger partial charge in [0.1, 0.15) is 0 Å². The summed E-state index contributed by atoms with van der Waals surface area (Å²) in [7, 11) is 0. The molecule has 0 saturated carbocycles. The van der Waals surface area contributed by atoms with E-state index >= 15 is 0 Å². The van der Waals surface area contributed by atoms with E-state index in [1.807, 2.05) is 18.2 Å². The molecule has 0 spiro atoms. The van der Waals surface area contributed by atoms with E-state index in [-0.39, 0.29) is 6.10 Å². The molecule has 1 atom stereocenters. The first-order chi connectivity index (χ1) is 10.1. The van der Waals surface area contributed by atoms with Gasteiger partial charge in [-0.05, 0) is 44.0 Å². The predicted molar refractivity (Wildman–Crippen MR) is 90.3 cm³/mol. The number of rotatable bonds is 6. The van der Waals surface area contributed by atoms with Gasteiger partial charge >= 0.3 is 0 Å². The third kappa shape index (κ3) is 4.08. The minimum atomic E-state index is -0.309. The third-order valence-electron chi connectivity index (χ3n) is 3.73. The van der Waals surface area contributed by atoms with Crippen LogP contribution in [0.5, 0.6) is 0 Å². The minimum absolute atomic E-state index is 0.309. The molecule has 0 fully saturated rings. The number of benzene rings is 2. The van der Waals surface area contributed by atoms with Crippen molar-refractivity contribution in [2.75, 3.05) is 11.4 Å². The maximum Gasteiger partial charge on any atom is 0.0719 e. The predicted octanol–water partition coefficient (Wildman–Crippen LogP) is 4.60. The summed E-state index contributed by atoms with van der Waals surface area (Å²) in [5.74, 6) is 0. The highest BCUT2D eigenvalue weighted by Gasteiger charge is 2.15. The van der Waals surface area contributed by atoms with Crippen molar-refractivity contribution >= 4 is 11.4 Å². The van der Waals surface area contributed by atoms with Crippen LogP contribution in [0.25, 0.3) is 0 Å². The number of aliphatic hydroxyl groups excluding tert-OH is 1. The monoisotopic (exact) mass is 283 g/mol. The molecule has 2 aromatic carbocycles. The Balaban J connectivity index is 2.35. The highest BCUT2D eigenvalue weighted by Crippen LogP contribution is 2.29. The molecule has 0 amide bonds. The highest BCUT2D eigenvalue weighted by molar-refractivity contribution is 5.66. The summed E-state index contributed by atoms with van der Waals surface area (Å²) in [6.45, 7) is 6.97. The zero-order chi connectivity index (χ0) is 15.2. The van der Waals surface area contributed by atoms with Gasteiger partial charge in [0.25, 0.3) is 0 Å². The molecule has 0 aliphatic carbocycles. The summed E-state index contributed by atoms with van der Waals surface area (Å²) in [5.41, 5.74) is 4.79. The Morgan fingerprint density at radius 1 is 1.05 bits per heavy atom. The Morgan fingerprint density at radius 3 is 2.38 bits per heavy atom. The fourth-order valence-electron chi connectivity index (χ4n) is 2.69. The number of hydrogen-bond acceptors (Lipinski definition) is 2. The van der Waals surface area contributed by atoms with Crippen molar-refractivity contribution in [3.63, 3.8) is 0 Å². The van der Waals surface area contributed by atoms with Crippen LogP contribution in [0.1, 0.15) is 30.9 Å². The van der Waals surface area contributed by atoms with E-state index < -0.39 is 0 Å². The van der Waals surface area contributed by atoms with Gasteiger partial charge in [-0.2, -0.15) is 0 Å². The Morgan fingerprint density at radius 2 is 1.76 bits per heavy atom. The summed E-state index contributed by atoms with van der Waals surface area (Å²) in [6.07, 6.45) is 1.51. The second-order valence-corrected chi connectivity index (χ2v) is 5.68. The Kier molecular flexibility index (Phi) is 5.40. The largest absolute Gasteiger partial charge is 0.391 e. The van der Waals surface area contributed by atoms with Gasteiger partial charge in [-0.15, -0.1) is 0 Å². The first kappa shape index (κ1) is 15.6. The lowest BCUT2D eigenvalue weighted by Gasteiger charge is -2.29. The van der Waals surface area contributed by atoms with Gasteiger partial charge < -0.3 is 10.0 Å². The van der Waals surface area contributed by atoms with Gasteiger partial charge in [0.05, 0.1) is 6.10 Å². The molecule has 0 aromatic heterocycles. The van der Waals surface area contributed by atoms with Crippen molar-refractivity contribution in [2.45, 2.75) is 39.7 Å². The zero-order valence-corrected chi connectivity index (χ0v) is 13.2. The number of aryl methyl sites for hydroxylation is 2. The molecule has 112 valence electrons. The van der Waals surface area contributed by atoms with E-state index in [9.17, 15) is 5.11 Å². The first-order valence-electron chi connectivity index (χ1n) is 7.69. The van der Waals surface area contributed by atoms with Crippen molar-refractivity contribution in [2.24, 2.45) is 0 Å². The summed E-state index contributed by atoms with van der Waals surface area (Å²) >= 11 is 0. The Labute approximate surface area is 128 Å². The van der Waals surface area contributed by atoms with Crippen LogP contribution < -0.4 is 4.90 Å². The Bertz CT molecular complexity index is 565. The van der Waals surface area contributed by atoms with E-state index in [0.29, 0.717) is 6.54 Å². The first-order valence-corrected chi connectivity index (χ1v) is 7.69. The van der Waals surface area contributed by atoms with Crippen LogP contribution in [-0.4, -0.2) is 17.8 Å². The van der Waals surface area contributed by atoms with E-state index in [1.165, 1.54) is 16.8 Å². The molecular formula is C19H25NO. The molecular weight excluding hydrogens is 258 g/mol. The van der Waals surface area contributed by atoms with Gasteiger partial charge in [0.2, 0.25) is 0 Å². The van der Waals surface area contributed by atoms with E-state index in [2.05, 4.69) is 56.0 Å². The lowest BCUT2D eigenvalue weighted by molar-refractivity contribution is 0.171. The van der Waals surface area contributed by atoms with Gasteiger partial charge in [0.15, 0.2) is 0 Å². The van der Waals surface area contributed by atoms with E-state index in [1.54, 1.807) is 0 Å². The molecule has 0 heterocycles. The molecule has 21 heavy (non-hydrogen) atoms. The molecule has 0 radical (unpaired) electrons. The average molecular weight is 283 g/mol. The molecule has 0 saturated heterocycles. The van der Waals surface area contributed by atoms with Crippen LogP contribution in [0, 0.1) is 13.8 Å². The number of para-hydroxylation sites is 1. The second kappa shape index (κ2) is 7.28. The summed E-state index contributed by atoms with van der Waals surface area (Å²) in [4.78, 5) is 2.22. The van der Waals surface area contributed by atoms with Gasteiger partial charge in [-0.3, -0.25) is 0 Å². The molecule has 0 bridgehead atoms. The summed E-state index contributed by atoms with van der Waals surface area (Å²) in [6, 6.07) is 16.8. The maximum absolute atomic E-state index is 10.2. The van der Waals surface area contributed by atoms with Crippen LogP contribution in [-0.2, 0) is 0 Å². The highest BCUT2D eigenvalue weighted by atomic mass is 16.3. The topological polar surface area (TPSA) is 23.5 Å². The summed E-state index contributed by atoms with van der Waals surface area (Å²) < 4.78 is 0. The van der Waals surface area contributed by atoms with Crippen molar-refractivity contribution in [3.8, 4) is 0 Å². The van der Waals surface area contributed by atoms with Crippen molar-refractivity contribution in [1.29, 1.82) is 0 Å². The minimum Gasteiger partial charge on any atom is -0.391 e. The fraction of sp³-hybridized carbons (Fsp3) is 0.368. The van der Waals surface area contributed by atoms with Crippen LogP contribution in [0.15, 0.2) is 48.5 Å². The standard InChI is InChI=1S/C19H25NO/c1-4-8-18(21)14-20(17-9-6-5-7-10-17)19-12-11-15(2)13-16(19)3/h5-7,9-13,18,21H,4,8,14H2,1-3H3. The second-order valence-electron chi connectivity index (χ2n) is 5.68. The number of anilines is 2. The number of hydrogen-bond donors (Lipinski definition) is 1. The van der Waals surface area contributed by atoms with Gasteiger partial charge in [-0.25, -0.2) is 0 Å². The van der Waals surface area contributed by atoms with E-state index in [0.717, 1.165) is 18.5 Å². The van der Waals surface area contributed by atoms with Crippen molar-refractivity contribution < 1.29 is 5.11 Å². The number of nitrogens with zero attached hydrogens (tertiary/aromatic N) is 1. The van der Waals surface area contributed by atoms with Crippen LogP contribution in [0.3, 0.4) is 0 Å². The molecule has 1 N–H and O–H groups in total. The molecule has 2 heteroatoms. The van der Waals surface area contributed by atoms with Crippen molar-refractivity contribution in [1.82, 2.24) is 0 Å². The zero-order valence-electron chi connectivity index (χ0n) is 13.2. The molecule has 2 aromatic rings. The molecule has 1 unspecified atom stereocenters. The molecule has 0 aliphatic heterocycles. The lowest BCUT2D eigenvalue weighted by atomic mass is 10.1. The van der Waals surface area contributed by atoms with E-state index in [4.69, 9.17) is 0 Å². The molecule has 0 aliphatic rings. The third-order valence-corrected chi connectivity index (χ3v) is 3.73. The lowest BCUT2D eigenvalue weighted by Crippen LogP contribution is -2.29. The van der Waals surface area contributed by atoms with Crippen LogP contribution in [0.4, 0.5) is 11.4 Å². The maximum atomic E-state index is 10.2. The Hall–Kier alpha value is -1.80. The van der Waals surface area contributed by atoms with Crippen LogP contribution >= 0.6 is 0 Å². The normalized spacial score (nSPS) is 12.2.